The van der Waals surface area contributed by atoms with Gasteiger partial charge < -0.3 is 9.64 Å². The Bertz CT molecular complexity index is 901. The zero-order valence-electron chi connectivity index (χ0n) is 16.0. The van der Waals surface area contributed by atoms with Crippen molar-refractivity contribution in [3.63, 3.8) is 0 Å². The zero-order valence-corrected chi connectivity index (χ0v) is 17.6. The number of carbonyl (C=O) groups is 3. The molecular formula is C21H22BrN3O4. The van der Waals surface area contributed by atoms with Crippen molar-refractivity contribution >= 4 is 33.7 Å². The molecule has 2 N–H and O–H groups in total. The molecule has 1 fully saturated rings. The fraction of sp³-hybridized carbons (Fsp3) is 0.286. The standard InChI is InChI=1S/C21H22BrN3O4/c1-14(29-18-5-2-4-17(22)12-18)20(27)23-24-21(28)16-9-7-15(8-10-16)13-25-11-3-6-19(25)26/h2,4-5,7-10,12,14H,3,6,11,13H2,1H3,(H,23,27)(H,24,28). The third kappa shape index (κ3) is 5.80. The lowest BCUT2D eigenvalue weighted by Crippen LogP contribution is -2.47. The Kier molecular flexibility index (Phi) is 6.87. The third-order valence-electron chi connectivity index (χ3n) is 4.54. The van der Waals surface area contributed by atoms with Gasteiger partial charge in [0.25, 0.3) is 11.8 Å². The second-order valence-electron chi connectivity index (χ2n) is 6.78. The Morgan fingerprint density at radius 1 is 1.17 bits per heavy atom. The fourth-order valence-electron chi connectivity index (χ4n) is 2.94. The van der Waals surface area contributed by atoms with Gasteiger partial charge in [-0.1, -0.05) is 34.1 Å². The summed E-state index contributed by atoms with van der Waals surface area (Å²) in [6, 6.07) is 14.1. The summed E-state index contributed by atoms with van der Waals surface area (Å²) in [6.45, 7) is 2.91. The van der Waals surface area contributed by atoms with Crippen LogP contribution in [0.4, 0.5) is 0 Å². The van der Waals surface area contributed by atoms with E-state index in [1.165, 1.54) is 0 Å². The molecule has 2 aromatic carbocycles. The van der Waals surface area contributed by atoms with E-state index in [1.54, 1.807) is 49.4 Å². The summed E-state index contributed by atoms with van der Waals surface area (Å²) in [7, 11) is 0. The molecule has 1 atom stereocenters. The van der Waals surface area contributed by atoms with Crippen molar-refractivity contribution in [3.8, 4) is 5.75 Å². The van der Waals surface area contributed by atoms with E-state index < -0.39 is 17.9 Å². The predicted molar refractivity (Wildman–Crippen MR) is 111 cm³/mol. The largest absolute Gasteiger partial charge is 0.481 e. The summed E-state index contributed by atoms with van der Waals surface area (Å²) in [5, 5.41) is 0. The van der Waals surface area contributed by atoms with Gasteiger partial charge in [-0.15, -0.1) is 0 Å². The van der Waals surface area contributed by atoms with Crippen LogP contribution in [0.15, 0.2) is 53.0 Å². The smallest absolute Gasteiger partial charge is 0.279 e. The van der Waals surface area contributed by atoms with Gasteiger partial charge >= 0.3 is 0 Å². The molecule has 1 unspecified atom stereocenters. The van der Waals surface area contributed by atoms with Gasteiger partial charge in [0.05, 0.1) is 0 Å². The molecule has 1 aliphatic rings. The Hall–Kier alpha value is -2.87. The van der Waals surface area contributed by atoms with Gasteiger partial charge in [0.2, 0.25) is 5.91 Å². The maximum atomic E-state index is 12.2. The Morgan fingerprint density at radius 2 is 1.93 bits per heavy atom. The predicted octanol–water partition coefficient (Wildman–Crippen LogP) is 2.80. The number of halogens is 1. The zero-order chi connectivity index (χ0) is 20.8. The summed E-state index contributed by atoms with van der Waals surface area (Å²) < 4.78 is 6.40. The van der Waals surface area contributed by atoms with Crippen molar-refractivity contribution in [1.29, 1.82) is 0 Å². The molecule has 0 aromatic heterocycles. The number of ether oxygens (including phenoxy) is 1. The number of amides is 3. The van der Waals surface area contributed by atoms with E-state index in [2.05, 4.69) is 26.8 Å². The second kappa shape index (κ2) is 9.56. The molecule has 1 saturated heterocycles. The van der Waals surface area contributed by atoms with E-state index in [-0.39, 0.29) is 5.91 Å². The van der Waals surface area contributed by atoms with Gasteiger partial charge in [-0.05, 0) is 49.2 Å². The first kappa shape index (κ1) is 20.9. The van der Waals surface area contributed by atoms with E-state index in [1.807, 2.05) is 11.0 Å². The van der Waals surface area contributed by atoms with Crippen molar-refractivity contribution in [1.82, 2.24) is 15.8 Å². The number of nitrogens with one attached hydrogen (secondary N) is 2. The van der Waals surface area contributed by atoms with E-state index in [0.29, 0.717) is 24.3 Å². The topological polar surface area (TPSA) is 87.7 Å². The lowest BCUT2D eigenvalue weighted by molar-refractivity contribution is -0.128. The number of nitrogens with zero attached hydrogens (tertiary/aromatic N) is 1. The SMILES string of the molecule is CC(Oc1cccc(Br)c1)C(=O)NNC(=O)c1ccc(CN2CCCC2=O)cc1. The summed E-state index contributed by atoms with van der Waals surface area (Å²) in [5.74, 6) is -0.201. The lowest BCUT2D eigenvalue weighted by Gasteiger charge is -2.16. The second-order valence-corrected chi connectivity index (χ2v) is 7.69. The Labute approximate surface area is 177 Å². The van der Waals surface area contributed by atoms with Crippen molar-refractivity contribution in [2.24, 2.45) is 0 Å². The first-order chi connectivity index (χ1) is 13.9. The van der Waals surface area contributed by atoms with Crippen molar-refractivity contribution in [3.05, 3.63) is 64.1 Å². The Balaban J connectivity index is 1.48. The summed E-state index contributed by atoms with van der Waals surface area (Å²) in [4.78, 5) is 37.9. The first-order valence-corrected chi connectivity index (χ1v) is 10.1. The van der Waals surface area contributed by atoms with E-state index in [9.17, 15) is 14.4 Å². The van der Waals surface area contributed by atoms with Crippen LogP contribution in [0.25, 0.3) is 0 Å². The van der Waals surface area contributed by atoms with Crippen molar-refractivity contribution in [2.45, 2.75) is 32.4 Å². The average molecular weight is 460 g/mol. The number of hydrogen-bond donors (Lipinski definition) is 2. The van der Waals surface area contributed by atoms with Crippen molar-refractivity contribution in [2.75, 3.05) is 6.54 Å². The van der Waals surface area contributed by atoms with Gasteiger partial charge in [-0.2, -0.15) is 0 Å². The molecule has 0 saturated carbocycles. The van der Waals surface area contributed by atoms with E-state index in [4.69, 9.17) is 4.74 Å². The van der Waals surface area contributed by atoms with Crippen LogP contribution in [0.3, 0.4) is 0 Å². The van der Waals surface area contributed by atoms with Gasteiger partial charge in [0, 0.05) is 29.5 Å². The van der Waals surface area contributed by atoms with E-state index in [0.717, 1.165) is 23.0 Å². The number of carbonyl (C=O) groups excluding carboxylic acids is 3. The molecule has 0 aliphatic carbocycles. The fourth-order valence-corrected chi connectivity index (χ4v) is 3.32. The number of hydrogen-bond acceptors (Lipinski definition) is 4. The van der Waals surface area contributed by atoms with Crippen LogP contribution >= 0.6 is 15.9 Å². The molecule has 3 amide bonds. The van der Waals surface area contributed by atoms with Crippen LogP contribution in [-0.2, 0) is 16.1 Å². The molecular weight excluding hydrogens is 438 g/mol. The highest BCUT2D eigenvalue weighted by molar-refractivity contribution is 9.10. The van der Waals surface area contributed by atoms with Crippen LogP contribution < -0.4 is 15.6 Å². The summed E-state index contributed by atoms with van der Waals surface area (Å²) >= 11 is 3.34. The Morgan fingerprint density at radius 3 is 2.59 bits per heavy atom. The number of hydrazine groups is 1. The average Bonchev–Trinajstić information content (AvgIpc) is 3.11. The van der Waals surface area contributed by atoms with Crippen LogP contribution in [0.1, 0.15) is 35.7 Å². The van der Waals surface area contributed by atoms with Gasteiger partial charge in [-0.3, -0.25) is 25.2 Å². The van der Waals surface area contributed by atoms with Crippen LogP contribution in [0.5, 0.6) is 5.75 Å². The quantitative estimate of drug-likeness (QED) is 0.650. The molecule has 8 heteroatoms. The van der Waals surface area contributed by atoms with Gasteiger partial charge in [0.1, 0.15) is 5.75 Å². The third-order valence-corrected chi connectivity index (χ3v) is 5.03. The summed E-state index contributed by atoms with van der Waals surface area (Å²) in [5.41, 5.74) is 6.11. The van der Waals surface area contributed by atoms with E-state index >= 15 is 0 Å². The molecule has 29 heavy (non-hydrogen) atoms. The van der Waals surface area contributed by atoms with Crippen molar-refractivity contribution < 1.29 is 19.1 Å². The highest BCUT2D eigenvalue weighted by atomic mass is 79.9. The number of rotatable bonds is 6. The molecule has 3 rings (SSSR count). The molecule has 0 spiro atoms. The lowest BCUT2D eigenvalue weighted by atomic mass is 10.1. The molecule has 2 aromatic rings. The highest BCUT2D eigenvalue weighted by Crippen LogP contribution is 2.19. The first-order valence-electron chi connectivity index (χ1n) is 9.31. The van der Waals surface area contributed by atoms with Crippen LogP contribution in [0.2, 0.25) is 0 Å². The monoisotopic (exact) mass is 459 g/mol. The molecule has 7 nitrogen and oxygen atoms in total. The van der Waals surface area contributed by atoms with Crippen LogP contribution in [0, 0.1) is 0 Å². The van der Waals surface area contributed by atoms with Crippen LogP contribution in [-0.4, -0.2) is 35.3 Å². The molecule has 1 aliphatic heterocycles. The minimum atomic E-state index is -0.787. The molecule has 152 valence electrons. The summed E-state index contributed by atoms with van der Waals surface area (Å²) in [6.07, 6.45) is 0.706. The minimum Gasteiger partial charge on any atom is -0.481 e. The normalized spacial score (nSPS) is 14.4. The van der Waals surface area contributed by atoms with Gasteiger partial charge in [-0.25, -0.2) is 0 Å². The number of likely N-dealkylation sites (tertiary alicyclic amines) is 1. The molecule has 0 bridgehead atoms. The maximum absolute atomic E-state index is 12.2. The minimum absolute atomic E-state index is 0.161. The highest BCUT2D eigenvalue weighted by Gasteiger charge is 2.20. The van der Waals surface area contributed by atoms with Gasteiger partial charge in [0.15, 0.2) is 6.10 Å². The molecule has 0 radical (unpaired) electrons. The maximum Gasteiger partial charge on any atom is 0.279 e. The number of benzene rings is 2. The molecule has 1 heterocycles.